The van der Waals surface area contributed by atoms with Gasteiger partial charge in [0.2, 0.25) is 0 Å². The molecule has 4 aliphatic rings. The Morgan fingerprint density at radius 1 is 1.06 bits per heavy atom. The zero-order valence-electron chi connectivity index (χ0n) is 20.4. The Hall–Kier alpha value is -2.30. The number of ether oxygens (including phenoxy) is 3. The molecule has 2 aromatic heterocycles. The third kappa shape index (κ3) is 4.29. The molecule has 2 aliphatic heterocycles. The van der Waals surface area contributed by atoms with Crippen LogP contribution in [0.3, 0.4) is 0 Å². The van der Waals surface area contributed by atoms with Crippen molar-refractivity contribution >= 4 is 22.9 Å². The van der Waals surface area contributed by atoms with Gasteiger partial charge in [-0.25, -0.2) is 15.0 Å². The van der Waals surface area contributed by atoms with Crippen LogP contribution in [-0.4, -0.2) is 62.6 Å². The van der Waals surface area contributed by atoms with Crippen molar-refractivity contribution in [3.8, 4) is 0 Å². The second-order valence-corrected chi connectivity index (χ2v) is 10.4. The molecule has 2 saturated carbocycles. The van der Waals surface area contributed by atoms with Crippen LogP contribution in [0, 0.1) is 5.92 Å². The molecule has 2 saturated heterocycles. The average molecular weight is 485 g/mol. The van der Waals surface area contributed by atoms with E-state index in [4.69, 9.17) is 14.2 Å². The van der Waals surface area contributed by atoms with Crippen molar-refractivity contribution in [2.24, 2.45) is 5.92 Å². The van der Waals surface area contributed by atoms with Gasteiger partial charge >= 0.3 is 0 Å². The van der Waals surface area contributed by atoms with E-state index in [1.54, 1.807) is 12.7 Å². The topological polar surface area (TPSA) is 112 Å². The number of hydrogen-bond donors (Lipinski definition) is 2. The number of aromatic nitrogens is 4. The fourth-order valence-corrected chi connectivity index (χ4v) is 6.25. The van der Waals surface area contributed by atoms with Gasteiger partial charge in [0.15, 0.2) is 35.1 Å². The molecule has 1 spiro atoms. The smallest absolute Gasteiger partial charge is 0.252 e. The molecule has 2 aliphatic carbocycles. The van der Waals surface area contributed by atoms with Crippen LogP contribution in [0.1, 0.15) is 77.4 Å². The first-order valence-electron chi connectivity index (χ1n) is 13.4. The summed E-state index contributed by atoms with van der Waals surface area (Å²) >= 11 is 0. The fraction of sp³-hybridized carbons (Fsp3) is 0.760. The van der Waals surface area contributed by atoms with E-state index in [1.165, 1.54) is 38.5 Å². The van der Waals surface area contributed by atoms with Gasteiger partial charge in [-0.05, 0) is 38.5 Å². The van der Waals surface area contributed by atoms with Crippen LogP contribution in [0.4, 0.5) is 5.82 Å². The second-order valence-electron chi connectivity index (χ2n) is 10.4. The summed E-state index contributed by atoms with van der Waals surface area (Å²) in [6.07, 6.45) is 12.6. The van der Waals surface area contributed by atoms with E-state index < -0.39 is 30.3 Å². The molecule has 10 nitrogen and oxygen atoms in total. The summed E-state index contributed by atoms with van der Waals surface area (Å²) in [5.74, 6) is 0.610. The molecule has 1 unspecified atom stereocenters. The van der Waals surface area contributed by atoms with E-state index in [1.807, 2.05) is 11.5 Å². The van der Waals surface area contributed by atoms with Crippen molar-refractivity contribution in [2.45, 2.75) is 101 Å². The quantitative estimate of drug-likeness (QED) is 0.642. The molecule has 0 radical (unpaired) electrons. The van der Waals surface area contributed by atoms with Crippen LogP contribution >= 0.6 is 0 Å². The molecule has 2 aromatic rings. The standard InChI is InChI=1S/C25H36N6O4/c1-2-26-23(32)19-18-20(35-25(34-18)11-7-4-8-12-25)24(33-19)31-15-30-17-21(28-14-29-22(17)31)27-13-16-9-5-3-6-10-16/h14-16,18-20,24H,2-13H2,1H3,(H,26,32)(H,27,28,29)/t18?,19-,20-,24+/m0/s1. The molecule has 2 N–H and O–H groups in total. The normalized spacial score (nSPS) is 30.5. The van der Waals surface area contributed by atoms with Crippen LogP contribution in [0.5, 0.6) is 0 Å². The lowest BCUT2D eigenvalue weighted by atomic mass is 9.89. The van der Waals surface area contributed by atoms with E-state index in [0.29, 0.717) is 23.6 Å². The number of fused-ring (bicyclic) bond motifs is 2. The highest BCUT2D eigenvalue weighted by Crippen LogP contribution is 2.49. The van der Waals surface area contributed by atoms with E-state index >= 15 is 0 Å². The molecule has 190 valence electrons. The van der Waals surface area contributed by atoms with Crippen molar-refractivity contribution in [1.82, 2.24) is 24.8 Å². The molecule has 0 aromatic carbocycles. The summed E-state index contributed by atoms with van der Waals surface area (Å²) in [6, 6.07) is 0. The van der Waals surface area contributed by atoms with E-state index in [-0.39, 0.29) is 5.91 Å². The molecule has 4 heterocycles. The van der Waals surface area contributed by atoms with E-state index in [0.717, 1.165) is 38.0 Å². The number of nitrogens with zero attached hydrogens (tertiary/aromatic N) is 4. The van der Waals surface area contributed by atoms with Crippen LogP contribution in [0.25, 0.3) is 11.2 Å². The largest absolute Gasteiger partial charge is 0.368 e. The highest BCUT2D eigenvalue weighted by molar-refractivity contribution is 5.83. The number of anilines is 1. The van der Waals surface area contributed by atoms with Gasteiger partial charge in [-0.2, -0.15) is 0 Å². The van der Waals surface area contributed by atoms with Crippen molar-refractivity contribution in [2.75, 3.05) is 18.4 Å². The number of amides is 1. The number of carbonyl (C=O) groups is 1. The van der Waals surface area contributed by atoms with Crippen LogP contribution in [-0.2, 0) is 19.0 Å². The third-order valence-electron chi connectivity index (χ3n) is 8.03. The first kappa shape index (κ1) is 23.1. The van der Waals surface area contributed by atoms with Gasteiger partial charge in [0.1, 0.15) is 18.5 Å². The maximum absolute atomic E-state index is 12.9. The SMILES string of the molecule is CCNC(=O)[C@H]1O[C@@H](n2cnc3c(NCC4CCCCC4)ncnc32)[C@H]2OC3(CCCCC3)OC12. The fourth-order valence-electron chi connectivity index (χ4n) is 6.25. The predicted octanol–water partition coefficient (Wildman–Crippen LogP) is 3.30. The van der Waals surface area contributed by atoms with Crippen molar-refractivity contribution < 1.29 is 19.0 Å². The lowest BCUT2D eigenvalue weighted by Crippen LogP contribution is -2.43. The third-order valence-corrected chi connectivity index (χ3v) is 8.03. The minimum atomic E-state index is -0.741. The summed E-state index contributed by atoms with van der Waals surface area (Å²) in [4.78, 5) is 26.6. The van der Waals surface area contributed by atoms with Crippen molar-refractivity contribution in [3.05, 3.63) is 12.7 Å². The van der Waals surface area contributed by atoms with E-state index in [2.05, 4.69) is 25.6 Å². The Labute approximate surface area is 205 Å². The van der Waals surface area contributed by atoms with Crippen LogP contribution in [0.2, 0.25) is 0 Å². The zero-order valence-corrected chi connectivity index (χ0v) is 20.4. The highest BCUT2D eigenvalue weighted by atomic mass is 16.8. The van der Waals surface area contributed by atoms with Gasteiger partial charge in [-0.1, -0.05) is 25.7 Å². The summed E-state index contributed by atoms with van der Waals surface area (Å²) < 4.78 is 21.2. The molecule has 10 heteroatoms. The molecule has 0 bridgehead atoms. The lowest BCUT2D eigenvalue weighted by Gasteiger charge is -2.34. The van der Waals surface area contributed by atoms with Gasteiger partial charge in [0.05, 0.1) is 6.33 Å². The zero-order chi connectivity index (χ0) is 23.8. The van der Waals surface area contributed by atoms with Crippen LogP contribution < -0.4 is 10.6 Å². The van der Waals surface area contributed by atoms with Gasteiger partial charge in [-0.3, -0.25) is 9.36 Å². The van der Waals surface area contributed by atoms with Crippen molar-refractivity contribution in [3.63, 3.8) is 0 Å². The van der Waals surface area contributed by atoms with Gasteiger partial charge in [0, 0.05) is 25.9 Å². The maximum atomic E-state index is 12.9. The Morgan fingerprint density at radius 3 is 2.63 bits per heavy atom. The summed E-state index contributed by atoms with van der Waals surface area (Å²) in [5, 5.41) is 6.40. The monoisotopic (exact) mass is 484 g/mol. The number of imidazole rings is 1. The summed E-state index contributed by atoms with van der Waals surface area (Å²) in [7, 11) is 0. The molecule has 4 atom stereocenters. The summed E-state index contributed by atoms with van der Waals surface area (Å²) in [6.45, 7) is 3.32. The second kappa shape index (κ2) is 9.63. The van der Waals surface area contributed by atoms with Crippen LogP contribution in [0.15, 0.2) is 12.7 Å². The predicted molar refractivity (Wildman–Crippen MR) is 129 cm³/mol. The van der Waals surface area contributed by atoms with Crippen molar-refractivity contribution in [1.29, 1.82) is 0 Å². The number of rotatable bonds is 6. The molecule has 1 amide bonds. The minimum absolute atomic E-state index is 0.171. The Morgan fingerprint density at radius 2 is 1.83 bits per heavy atom. The average Bonchev–Trinajstić information content (AvgIpc) is 3.56. The number of carbonyl (C=O) groups excluding carboxylic acids is 1. The molecule has 4 fully saturated rings. The molecular weight excluding hydrogens is 448 g/mol. The molecule has 35 heavy (non-hydrogen) atoms. The highest BCUT2D eigenvalue weighted by Gasteiger charge is 2.60. The van der Waals surface area contributed by atoms with Gasteiger partial charge < -0.3 is 24.8 Å². The minimum Gasteiger partial charge on any atom is -0.368 e. The Bertz CT molecular complexity index is 1050. The first-order valence-corrected chi connectivity index (χ1v) is 13.4. The van der Waals surface area contributed by atoms with Gasteiger partial charge in [0.25, 0.3) is 5.91 Å². The Kier molecular flexibility index (Phi) is 6.36. The summed E-state index contributed by atoms with van der Waals surface area (Å²) in [5.41, 5.74) is 1.37. The van der Waals surface area contributed by atoms with E-state index in [9.17, 15) is 4.79 Å². The first-order chi connectivity index (χ1) is 17.2. The molecular formula is C25H36N6O4. The number of likely N-dealkylation sites (N-methyl/N-ethyl adjacent to an activating group) is 1. The lowest BCUT2D eigenvalue weighted by molar-refractivity contribution is -0.229. The maximum Gasteiger partial charge on any atom is 0.252 e. The molecule has 6 rings (SSSR count). The Balaban J connectivity index is 1.27. The number of nitrogens with one attached hydrogen (secondary N) is 2. The number of hydrogen-bond acceptors (Lipinski definition) is 8. The van der Waals surface area contributed by atoms with Gasteiger partial charge in [-0.15, -0.1) is 0 Å².